The molecule has 6 heteroatoms. The summed E-state index contributed by atoms with van der Waals surface area (Å²) >= 11 is 2.28. The molecule has 0 aliphatic heterocycles. The molecule has 0 saturated heterocycles. The van der Waals surface area contributed by atoms with Crippen LogP contribution in [0.3, 0.4) is 0 Å². The fourth-order valence-electron chi connectivity index (χ4n) is 3.51. The number of ether oxygens (including phenoxy) is 2. The summed E-state index contributed by atoms with van der Waals surface area (Å²) in [5, 5.41) is 5.75. The maximum atomic E-state index is 6.26. The summed E-state index contributed by atoms with van der Waals surface area (Å²) < 4.78 is 14.4. The molecule has 0 spiro atoms. The molecule has 3 aromatic rings. The molecule has 1 saturated carbocycles. The van der Waals surface area contributed by atoms with Gasteiger partial charge in [0, 0.05) is 6.20 Å². The van der Waals surface area contributed by atoms with Crippen LogP contribution in [-0.2, 0) is 6.54 Å². The van der Waals surface area contributed by atoms with E-state index < -0.39 is 0 Å². The van der Waals surface area contributed by atoms with Crippen molar-refractivity contribution in [2.24, 2.45) is 0 Å². The SMILES string of the molecule is COc1ccc(Cn2nc(I)c3c(OC4CCCCC4)nccc32)cc1. The highest BCUT2D eigenvalue weighted by atomic mass is 127. The fourth-order valence-corrected chi connectivity index (χ4v) is 4.27. The molecular formula is C20H22IN3O2. The van der Waals surface area contributed by atoms with Crippen molar-refractivity contribution in [3.63, 3.8) is 0 Å². The highest BCUT2D eigenvalue weighted by Gasteiger charge is 2.20. The van der Waals surface area contributed by atoms with Crippen LogP contribution in [0.5, 0.6) is 11.6 Å². The van der Waals surface area contributed by atoms with E-state index in [0.29, 0.717) is 6.54 Å². The van der Waals surface area contributed by atoms with Crippen LogP contribution >= 0.6 is 22.6 Å². The molecular weight excluding hydrogens is 441 g/mol. The third kappa shape index (κ3) is 3.65. The van der Waals surface area contributed by atoms with Crippen molar-refractivity contribution in [3.8, 4) is 11.6 Å². The van der Waals surface area contributed by atoms with Crippen LogP contribution in [0, 0.1) is 3.70 Å². The molecule has 1 aromatic carbocycles. The first kappa shape index (κ1) is 17.6. The quantitative estimate of drug-likeness (QED) is 0.510. The molecule has 1 fully saturated rings. The van der Waals surface area contributed by atoms with E-state index in [1.165, 1.54) is 24.8 Å². The lowest BCUT2D eigenvalue weighted by Crippen LogP contribution is -2.20. The summed E-state index contributed by atoms with van der Waals surface area (Å²) in [4.78, 5) is 4.51. The van der Waals surface area contributed by atoms with Crippen LogP contribution < -0.4 is 9.47 Å². The smallest absolute Gasteiger partial charge is 0.225 e. The van der Waals surface area contributed by atoms with E-state index in [2.05, 4.69) is 39.7 Å². The molecule has 0 unspecified atom stereocenters. The monoisotopic (exact) mass is 463 g/mol. The number of aromatic nitrogens is 3. The molecule has 0 radical (unpaired) electrons. The number of methoxy groups -OCH3 is 1. The molecule has 0 bridgehead atoms. The molecule has 0 N–H and O–H groups in total. The first-order valence-corrected chi connectivity index (χ1v) is 10.1. The Balaban J connectivity index is 1.63. The Morgan fingerprint density at radius 2 is 1.88 bits per heavy atom. The Morgan fingerprint density at radius 3 is 2.62 bits per heavy atom. The number of rotatable bonds is 5. The van der Waals surface area contributed by atoms with Crippen LogP contribution in [0.25, 0.3) is 10.9 Å². The predicted molar refractivity (Wildman–Crippen MR) is 110 cm³/mol. The summed E-state index contributed by atoms with van der Waals surface area (Å²) in [5.41, 5.74) is 2.24. The van der Waals surface area contributed by atoms with Gasteiger partial charge in [-0.3, -0.25) is 4.68 Å². The van der Waals surface area contributed by atoms with Crippen molar-refractivity contribution in [1.82, 2.24) is 14.8 Å². The van der Waals surface area contributed by atoms with Gasteiger partial charge >= 0.3 is 0 Å². The first-order chi connectivity index (χ1) is 12.7. The molecule has 2 aromatic heterocycles. The normalized spacial score (nSPS) is 15.3. The number of fused-ring (bicyclic) bond motifs is 1. The van der Waals surface area contributed by atoms with Crippen molar-refractivity contribution >= 4 is 33.5 Å². The van der Waals surface area contributed by atoms with E-state index in [9.17, 15) is 0 Å². The van der Waals surface area contributed by atoms with Gasteiger partial charge in [-0.25, -0.2) is 4.98 Å². The number of pyridine rings is 1. The maximum absolute atomic E-state index is 6.26. The Hall–Kier alpha value is -1.83. The predicted octanol–water partition coefficient (Wildman–Crippen LogP) is 4.80. The second-order valence-electron chi connectivity index (χ2n) is 6.68. The van der Waals surface area contributed by atoms with Gasteiger partial charge in [-0.05, 0) is 72.0 Å². The van der Waals surface area contributed by atoms with Crippen molar-refractivity contribution in [3.05, 3.63) is 45.8 Å². The van der Waals surface area contributed by atoms with Crippen molar-refractivity contribution in [2.75, 3.05) is 7.11 Å². The lowest BCUT2D eigenvalue weighted by Gasteiger charge is -2.22. The van der Waals surface area contributed by atoms with E-state index >= 15 is 0 Å². The minimum absolute atomic E-state index is 0.280. The minimum Gasteiger partial charge on any atom is -0.497 e. The number of hydrogen-bond acceptors (Lipinski definition) is 4. The summed E-state index contributed by atoms with van der Waals surface area (Å²) in [6.45, 7) is 0.705. The summed E-state index contributed by atoms with van der Waals surface area (Å²) in [7, 11) is 1.68. The summed E-state index contributed by atoms with van der Waals surface area (Å²) in [6.07, 6.45) is 8.15. The van der Waals surface area contributed by atoms with Gasteiger partial charge in [0.2, 0.25) is 5.88 Å². The van der Waals surface area contributed by atoms with Gasteiger partial charge in [0.1, 0.15) is 15.6 Å². The van der Waals surface area contributed by atoms with Crippen LogP contribution in [0.1, 0.15) is 37.7 Å². The zero-order chi connectivity index (χ0) is 17.9. The van der Waals surface area contributed by atoms with Gasteiger partial charge in [0.25, 0.3) is 0 Å². The van der Waals surface area contributed by atoms with Gasteiger partial charge in [-0.15, -0.1) is 0 Å². The zero-order valence-electron chi connectivity index (χ0n) is 14.8. The molecule has 5 nitrogen and oxygen atoms in total. The van der Waals surface area contributed by atoms with Gasteiger partial charge in [-0.2, -0.15) is 5.10 Å². The Kier molecular flexibility index (Phi) is 5.28. The first-order valence-electron chi connectivity index (χ1n) is 9.05. The van der Waals surface area contributed by atoms with E-state index in [0.717, 1.165) is 39.1 Å². The second-order valence-corrected chi connectivity index (χ2v) is 7.71. The topological polar surface area (TPSA) is 49.2 Å². The number of benzene rings is 1. The van der Waals surface area contributed by atoms with Crippen molar-refractivity contribution in [1.29, 1.82) is 0 Å². The average molecular weight is 463 g/mol. The van der Waals surface area contributed by atoms with E-state index in [4.69, 9.17) is 14.6 Å². The van der Waals surface area contributed by atoms with Crippen LogP contribution in [0.4, 0.5) is 0 Å². The van der Waals surface area contributed by atoms with Gasteiger partial charge in [0.15, 0.2) is 0 Å². The van der Waals surface area contributed by atoms with Crippen LogP contribution in [0.2, 0.25) is 0 Å². The van der Waals surface area contributed by atoms with Gasteiger partial charge < -0.3 is 9.47 Å². The molecule has 26 heavy (non-hydrogen) atoms. The second kappa shape index (κ2) is 7.82. The highest BCUT2D eigenvalue weighted by Crippen LogP contribution is 2.31. The van der Waals surface area contributed by atoms with Crippen LogP contribution in [0.15, 0.2) is 36.5 Å². The molecule has 4 rings (SSSR count). The summed E-state index contributed by atoms with van der Waals surface area (Å²) in [5.74, 6) is 1.58. The highest BCUT2D eigenvalue weighted by molar-refractivity contribution is 14.1. The molecule has 1 aliphatic carbocycles. The lowest BCUT2D eigenvalue weighted by molar-refractivity contribution is 0.151. The van der Waals surface area contributed by atoms with Crippen molar-refractivity contribution < 1.29 is 9.47 Å². The Labute approximate surface area is 166 Å². The molecule has 2 heterocycles. The molecule has 0 atom stereocenters. The van der Waals surface area contributed by atoms with E-state index in [1.54, 1.807) is 7.11 Å². The van der Waals surface area contributed by atoms with E-state index in [1.807, 2.05) is 29.1 Å². The average Bonchev–Trinajstić information content (AvgIpc) is 3.00. The number of nitrogens with zero attached hydrogens (tertiary/aromatic N) is 3. The zero-order valence-corrected chi connectivity index (χ0v) is 17.0. The van der Waals surface area contributed by atoms with Gasteiger partial charge in [0.05, 0.1) is 24.6 Å². The van der Waals surface area contributed by atoms with Gasteiger partial charge in [-0.1, -0.05) is 18.6 Å². The summed E-state index contributed by atoms with van der Waals surface area (Å²) in [6, 6.07) is 10.1. The standard InChI is InChI=1S/C20H22IN3O2/c1-25-15-9-7-14(8-10-15)13-24-17-11-12-22-20(18(17)19(21)23-24)26-16-5-3-2-4-6-16/h7-12,16H,2-6,13H2,1H3. The third-order valence-corrected chi connectivity index (χ3v) is 5.66. The van der Waals surface area contributed by atoms with Crippen LogP contribution in [-0.4, -0.2) is 28.0 Å². The lowest BCUT2D eigenvalue weighted by atomic mass is 9.98. The maximum Gasteiger partial charge on any atom is 0.225 e. The Bertz CT molecular complexity index is 886. The third-order valence-electron chi connectivity index (χ3n) is 4.91. The largest absolute Gasteiger partial charge is 0.497 e. The number of hydrogen-bond donors (Lipinski definition) is 0. The molecule has 1 aliphatic rings. The molecule has 136 valence electrons. The fraction of sp³-hybridized carbons (Fsp3) is 0.400. The van der Waals surface area contributed by atoms with Crippen molar-refractivity contribution in [2.45, 2.75) is 44.8 Å². The molecule has 0 amide bonds. The van der Waals surface area contributed by atoms with E-state index in [-0.39, 0.29) is 6.10 Å². The number of halogens is 1. The minimum atomic E-state index is 0.280. The Morgan fingerprint density at radius 1 is 1.12 bits per heavy atom.